The van der Waals surface area contributed by atoms with Crippen molar-refractivity contribution in [2.75, 3.05) is 0 Å². The van der Waals surface area contributed by atoms with Crippen LogP contribution in [0.1, 0.15) is 26.6 Å². The molecule has 0 aliphatic heterocycles. The third-order valence-electron chi connectivity index (χ3n) is 2.45. The van der Waals surface area contributed by atoms with Gasteiger partial charge in [0.25, 0.3) is 0 Å². The summed E-state index contributed by atoms with van der Waals surface area (Å²) in [5, 5.41) is 14.0. The lowest BCUT2D eigenvalue weighted by Gasteiger charge is -2.01. The number of carbonyl (C=O) groups is 1. The molecule has 0 saturated heterocycles. The minimum Gasteiger partial charge on any atom is -0.478 e. The molecule has 2 rings (SSSR count). The summed E-state index contributed by atoms with van der Waals surface area (Å²) < 4.78 is 5.14. The topological polar surface area (TPSA) is 62.5 Å². The second-order valence-electron chi connectivity index (χ2n) is 3.74. The van der Waals surface area contributed by atoms with Gasteiger partial charge >= 0.3 is 5.97 Å². The van der Waals surface area contributed by atoms with Gasteiger partial charge in [0.15, 0.2) is 0 Å². The molecule has 0 aliphatic carbocycles. The maximum atomic E-state index is 10.6. The monoisotopic (exact) mass is 251 g/mol. The van der Waals surface area contributed by atoms with Gasteiger partial charge in [-0.3, -0.25) is 0 Å². The summed E-state index contributed by atoms with van der Waals surface area (Å²) in [4.78, 5) is 11.9. The number of aryl methyl sites for hydroxylation is 1. The number of nitrogens with one attached hydrogen (secondary N) is 1. The minimum atomic E-state index is -0.964. The van der Waals surface area contributed by atoms with Crippen molar-refractivity contribution in [2.45, 2.75) is 20.0 Å². The molecule has 90 valence electrons. The molecule has 0 atom stereocenters. The van der Waals surface area contributed by atoms with Gasteiger partial charge < -0.3 is 14.8 Å². The van der Waals surface area contributed by atoms with E-state index in [0.29, 0.717) is 12.3 Å². The molecule has 0 aromatic carbocycles. The highest BCUT2D eigenvalue weighted by molar-refractivity contribution is 7.10. The highest BCUT2D eigenvalue weighted by Crippen LogP contribution is 2.15. The first-order valence-corrected chi connectivity index (χ1v) is 6.09. The zero-order valence-corrected chi connectivity index (χ0v) is 10.2. The van der Waals surface area contributed by atoms with Crippen LogP contribution in [0.2, 0.25) is 0 Å². The van der Waals surface area contributed by atoms with Crippen molar-refractivity contribution in [1.29, 1.82) is 0 Å². The predicted octanol–water partition coefficient (Wildman–Crippen LogP) is 2.64. The van der Waals surface area contributed by atoms with Gasteiger partial charge in [-0.1, -0.05) is 0 Å². The molecule has 0 radical (unpaired) electrons. The second kappa shape index (κ2) is 5.16. The molecule has 0 aliphatic rings. The number of hydrogen-bond acceptors (Lipinski definition) is 4. The normalized spacial score (nSPS) is 10.6. The number of hydrogen-bond donors (Lipinski definition) is 2. The fourth-order valence-electron chi connectivity index (χ4n) is 1.47. The second-order valence-corrected chi connectivity index (χ2v) is 4.74. The summed E-state index contributed by atoms with van der Waals surface area (Å²) >= 11 is 1.71. The number of rotatable bonds is 5. The zero-order chi connectivity index (χ0) is 12.3. The SMILES string of the molecule is Cc1ccsc1CNCc1cc(C(=O)O)co1. The Balaban J connectivity index is 1.86. The molecular weight excluding hydrogens is 238 g/mol. The number of carboxylic acid groups (broad SMARTS) is 1. The van der Waals surface area contributed by atoms with Crippen LogP contribution in [-0.4, -0.2) is 11.1 Å². The van der Waals surface area contributed by atoms with Crippen LogP contribution in [0.5, 0.6) is 0 Å². The predicted molar refractivity (Wildman–Crippen MR) is 65.3 cm³/mol. The third kappa shape index (κ3) is 2.95. The number of thiophene rings is 1. The minimum absolute atomic E-state index is 0.189. The zero-order valence-electron chi connectivity index (χ0n) is 9.40. The molecule has 0 unspecified atom stereocenters. The Morgan fingerprint density at radius 2 is 2.35 bits per heavy atom. The summed E-state index contributed by atoms with van der Waals surface area (Å²) in [5.74, 6) is -0.328. The van der Waals surface area contributed by atoms with E-state index in [2.05, 4.69) is 23.7 Å². The molecule has 17 heavy (non-hydrogen) atoms. The number of furan rings is 1. The lowest BCUT2D eigenvalue weighted by molar-refractivity contribution is 0.0696. The Hall–Kier alpha value is -1.59. The lowest BCUT2D eigenvalue weighted by atomic mass is 10.3. The van der Waals surface area contributed by atoms with Gasteiger partial charge in [-0.25, -0.2) is 4.79 Å². The Kier molecular flexibility index (Phi) is 3.61. The van der Waals surface area contributed by atoms with Gasteiger partial charge in [0.2, 0.25) is 0 Å². The summed E-state index contributed by atoms with van der Waals surface area (Å²) in [5.41, 5.74) is 1.46. The van der Waals surface area contributed by atoms with Crippen LogP contribution in [-0.2, 0) is 13.1 Å². The van der Waals surface area contributed by atoms with Crippen LogP contribution < -0.4 is 5.32 Å². The highest BCUT2D eigenvalue weighted by Gasteiger charge is 2.07. The van der Waals surface area contributed by atoms with Crippen molar-refractivity contribution in [1.82, 2.24) is 5.32 Å². The van der Waals surface area contributed by atoms with Crippen LogP contribution >= 0.6 is 11.3 Å². The van der Waals surface area contributed by atoms with E-state index in [4.69, 9.17) is 9.52 Å². The summed E-state index contributed by atoms with van der Waals surface area (Å²) in [6.07, 6.45) is 1.26. The molecule has 0 saturated carbocycles. The molecule has 0 fully saturated rings. The Morgan fingerprint density at radius 3 is 2.94 bits per heavy atom. The lowest BCUT2D eigenvalue weighted by Crippen LogP contribution is -2.11. The smallest absolute Gasteiger partial charge is 0.338 e. The van der Waals surface area contributed by atoms with Crippen molar-refractivity contribution in [3.8, 4) is 0 Å². The van der Waals surface area contributed by atoms with Crippen molar-refractivity contribution in [3.05, 3.63) is 45.5 Å². The van der Waals surface area contributed by atoms with E-state index in [1.807, 2.05) is 0 Å². The van der Waals surface area contributed by atoms with Crippen molar-refractivity contribution >= 4 is 17.3 Å². The van der Waals surface area contributed by atoms with E-state index in [0.717, 1.165) is 6.54 Å². The first-order chi connectivity index (χ1) is 8.16. The van der Waals surface area contributed by atoms with Crippen LogP contribution in [0.3, 0.4) is 0 Å². The molecule has 0 amide bonds. The first-order valence-electron chi connectivity index (χ1n) is 5.21. The van der Waals surface area contributed by atoms with E-state index >= 15 is 0 Å². The Labute approximate surface area is 103 Å². The molecular formula is C12H13NO3S. The number of aromatic carboxylic acids is 1. The Bertz CT molecular complexity index is 515. The summed E-state index contributed by atoms with van der Waals surface area (Å²) in [6, 6.07) is 3.62. The van der Waals surface area contributed by atoms with Crippen LogP contribution in [0.4, 0.5) is 0 Å². The highest BCUT2D eigenvalue weighted by atomic mass is 32.1. The molecule has 2 aromatic rings. The fourth-order valence-corrected chi connectivity index (χ4v) is 2.35. The number of carboxylic acids is 1. The first kappa shape index (κ1) is 11.9. The molecule has 4 nitrogen and oxygen atoms in total. The van der Waals surface area contributed by atoms with Crippen LogP contribution in [0, 0.1) is 6.92 Å². The fraction of sp³-hybridized carbons (Fsp3) is 0.250. The van der Waals surface area contributed by atoms with E-state index in [-0.39, 0.29) is 5.56 Å². The van der Waals surface area contributed by atoms with Crippen molar-refractivity contribution in [3.63, 3.8) is 0 Å². The van der Waals surface area contributed by atoms with Gasteiger partial charge in [-0.05, 0) is 30.0 Å². The summed E-state index contributed by atoms with van der Waals surface area (Å²) in [6.45, 7) is 3.38. The van der Waals surface area contributed by atoms with E-state index in [9.17, 15) is 4.79 Å². The quantitative estimate of drug-likeness (QED) is 0.857. The van der Waals surface area contributed by atoms with Gasteiger partial charge in [0, 0.05) is 11.4 Å². The van der Waals surface area contributed by atoms with Gasteiger partial charge in [-0.2, -0.15) is 0 Å². The average molecular weight is 251 g/mol. The van der Waals surface area contributed by atoms with E-state index < -0.39 is 5.97 Å². The molecule has 2 heterocycles. The maximum Gasteiger partial charge on any atom is 0.338 e. The molecule has 2 aromatic heterocycles. The van der Waals surface area contributed by atoms with Gasteiger partial charge in [0.1, 0.15) is 12.0 Å². The molecule has 0 bridgehead atoms. The van der Waals surface area contributed by atoms with Crippen molar-refractivity contribution < 1.29 is 14.3 Å². The average Bonchev–Trinajstić information content (AvgIpc) is 2.89. The third-order valence-corrected chi connectivity index (χ3v) is 3.48. The van der Waals surface area contributed by atoms with Crippen LogP contribution in [0.25, 0.3) is 0 Å². The largest absolute Gasteiger partial charge is 0.478 e. The molecule has 2 N–H and O–H groups in total. The van der Waals surface area contributed by atoms with E-state index in [1.165, 1.54) is 22.8 Å². The maximum absolute atomic E-state index is 10.6. The standard InChI is InChI=1S/C12H13NO3S/c1-8-2-3-17-11(8)6-13-5-10-4-9(7-16-10)12(14)15/h2-4,7,13H,5-6H2,1H3,(H,14,15). The van der Waals surface area contributed by atoms with Gasteiger partial charge in [-0.15, -0.1) is 11.3 Å². The van der Waals surface area contributed by atoms with Gasteiger partial charge in [0.05, 0.1) is 12.1 Å². The summed E-state index contributed by atoms with van der Waals surface area (Å²) in [7, 11) is 0. The van der Waals surface area contributed by atoms with E-state index in [1.54, 1.807) is 11.3 Å². The molecule has 0 spiro atoms. The molecule has 5 heteroatoms. The van der Waals surface area contributed by atoms with Crippen molar-refractivity contribution in [2.24, 2.45) is 0 Å². The Morgan fingerprint density at radius 1 is 1.53 bits per heavy atom. The van der Waals surface area contributed by atoms with Crippen LogP contribution in [0.15, 0.2) is 28.2 Å².